The van der Waals surface area contributed by atoms with Crippen LogP contribution < -0.4 is 19.5 Å². The lowest BCUT2D eigenvalue weighted by Crippen LogP contribution is -2.35. The fraction of sp³-hybridized carbons (Fsp3) is 0.304. The van der Waals surface area contributed by atoms with E-state index in [0.717, 1.165) is 0 Å². The number of hydrogen-bond donors (Lipinski definition) is 1. The number of benzene rings is 2. The molecule has 2 amide bonds. The van der Waals surface area contributed by atoms with E-state index < -0.39 is 0 Å². The number of nitrogens with one attached hydrogen (secondary N) is 1. The van der Waals surface area contributed by atoms with Gasteiger partial charge in [-0.05, 0) is 24.1 Å². The summed E-state index contributed by atoms with van der Waals surface area (Å²) in [6, 6.07) is 12.3. The van der Waals surface area contributed by atoms with Gasteiger partial charge in [0, 0.05) is 18.2 Å². The SMILES string of the molecule is COc1ccc(OC)c(NC2=C(c3ccccc3OC)C(=O)N(CC(C)C)C2=O)c1. The van der Waals surface area contributed by atoms with Crippen molar-refractivity contribution in [1.29, 1.82) is 0 Å². The molecule has 1 heterocycles. The number of nitrogens with zero attached hydrogens (tertiary/aromatic N) is 1. The van der Waals surface area contributed by atoms with Crippen LogP contribution in [0.15, 0.2) is 48.2 Å². The number of imide groups is 1. The lowest BCUT2D eigenvalue weighted by molar-refractivity contribution is -0.137. The molecule has 0 saturated carbocycles. The molecule has 2 aromatic rings. The van der Waals surface area contributed by atoms with Crippen molar-refractivity contribution in [2.45, 2.75) is 13.8 Å². The Morgan fingerprint density at radius 3 is 2.23 bits per heavy atom. The van der Waals surface area contributed by atoms with Gasteiger partial charge in [-0.1, -0.05) is 32.0 Å². The maximum absolute atomic E-state index is 13.3. The molecular weight excluding hydrogens is 384 g/mol. The van der Waals surface area contributed by atoms with Gasteiger partial charge in [-0.3, -0.25) is 14.5 Å². The quantitative estimate of drug-likeness (QED) is 0.671. The Hall–Kier alpha value is -3.48. The van der Waals surface area contributed by atoms with E-state index in [-0.39, 0.29) is 29.0 Å². The van der Waals surface area contributed by atoms with E-state index in [1.54, 1.807) is 43.5 Å². The molecule has 3 rings (SSSR count). The second-order valence-corrected chi connectivity index (χ2v) is 7.26. The zero-order valence-electron chi connectivity index (χ0n) is 17.8. The first kappa shape index (κ1) is 21.2. The molecule has 0 saturated heterocycles. The fourth-order valence-corrected chi connectivity index (χ4v) is 3.37. The predicted molar refractivity (Wildman–Crippen MR) is 115 cm³/mol. The highest BCUT2D eigenvalue weighted by molar-refractivity contribution is 6.37. The van der Waals surface area contributed by atoms with Gasteiger partial charge in [-0.25, -0.2) is 0 Å². The van der Waals surface area contributed by atoms with Gasteiger partial charge in [0.05, 0.1) is 32.6 Å². The molecule has 0 unspecified atom stereocenters. The minimum absolute atomic E-state index is 0.127. The summed E-state index contributed by atoms with van der Waals surface area (Å²) in [7, 11) is 4.62. The van der Waals surface area contributed by atoms with Crippen molar-refractivity contribution in [3.8, 4) is 17.2 Å². The standard InChI is InChI=1S/C23H26N2O5/c1-14(2)13-25-22(26)20(16-8-6-7-9-18(16)29-4)21(23(25)27)24-17-12-15(28-3)10-11-19(17)30-5/h6-12,14,24H,13H2,1-5H3. The monoisotopic (exact) mass is 410 g/mol. The number of rotatable bonds is 8. The molecule has 1 aliphatic rings. The predicted octanol–water partition coefficient (Wildman–Crippen LogP) is 3.56. The average molecular weight is 410 g/mol. The van der Waals surface area contributed by atoms with Crippen LogP contribution >= 0.6 is 0 Å². The first-order valence-electron chi connectivity index (χ1n) is 9.64. The second kappa shape index (κ2) is 8.90. The summed E-state index contributed by atoms with van der Waals surface area (Å²) in [5, 5.41) is 3.13. The number of anilines is 1. The smallest absolute Gasteiger partial charge is 0.278 e. The summed E-state index contributed by atoms with van der Waals surface area (Å²) in [6.45, 7) is 4.23. The van der Waals surface area contributed by atoms with Crippen LogP contribution in [0.4, 0.5) is 5.69 Å². The van der Waals surface area contributed by atoms with Crippen molar-refractivity contribution < 1.29 is 23.8 Å². The Morgan fingerprint density at radius 1 is 0.900 bits per heavy atom. The number of para-hydroxylation sites is 1. The van der Waals surface area contributed by atoms with E-state index >= 15 is 0 Å². The van der Waals surface area contributed by atoms with Crippen LogP contribution in [-0.4, -0.2) is 44.6 Å². The van der Waals surface area contributed by atoms with E-state index in [4.69, 9.17) is 14.2 Å². The molecule has 0 radical (unpaired) electrons. The number of carbonyl (C=O) groups excluding carboxylic acids is 2. The van der Waals surface area contributed by atoms with Gasteiger partial charge in [-0.15, -0.1) is 0 Å². The topological polar surface area (TPSA) is 77.1 Å². The van der Waals surface area contributed by atoms with Crippen LogP contribution in [0.3, 0.4) is 0 Å². The normalized spacial score (nSPS) is 13.9. The molecule has 0 aliphatic carbocycles. The van der Waals surface area contributed by atoms with Gasteiger partial charge in [0.15, 0.2) is 0 Å². The summed E-state index contributed by atoms with van der Waals surface area (Å²) in [5.74, 6) is 1.00. The van der Waals surface area contributed by atoms with Gasteiger partial charge in [0.1, 0.15) is 22.9 Å². The molecule has 7 nitrogen and oxygen atoms in total. The van der Waals surface area contributed by atoms with Crippen molar-refractivity contribution in [3.05, 3.63) is 53.7 Å². The zero-order chi connectivity index (χ0) is 21.8. The first-order valence-corrected chi connectivity index (χ1v) is 9.64. The third-order valence-corrected chi connectivity index (χ3v) is 4.76. The molecule has 30 heavy (non-hydrogen) atoms. The minimum atomic E-state index is -0.389. The number of carbonyl (C=O) groups is 2. The average Bonchev–Trinajstić information content (AvgIpc) is 2.97. The third-order valence-electron chi connectivity index (χ3n) is 4.76. The lowest BCUT2D eigenvalue weighted by Gasteiger charge is -2.18. The molecule has 0 spiro atoms. The molecule has 2 aromatic carbocycles. The van der Waals surface area contributed by atoms with Crippen LogP contribution in [0.25, 0.3) is 5.57 Å². The fourth-order valence-electron chi connectivity index (χ4n) is 3.37. The van der Waals surface area contributed by atoms with E-state index in [0.29, 0.717) is 35.0 Å². The Kier molecular flexibility index (Phi) is 6.30. The lowest BCUT2D eigenvalue weighted by atomic mass is 10.0. The Bertz CT molecular complexity index is 997. The van der Waals surface area contributed by atoms with Crippen molar-refractivity contribution in [2.24, 2.45) is 5.92 Å². The minimum Gasteiger partial charge on any atom is -0.497 e. The van der Waals surface area contributed by atoms with Crippen molar-refractivity contribution >= 4 is 23.1 Å². The largest absolute Gasteiger partial charge is 0.497 e. The zero-order valence-corrected chi connectivity index (χ0v) is 17.8. The molecular formula is C23H26N2O5. The molecule has 158 valence electrons. The van der Waals surface area contributed by atoms with Crippen molar-refractivity contribution in [2.75, 3.05) is 33.2 Å². The van der Waals surface area contributed by atoms with Gasteiger partial charge in [0.2, 0.25) is 0 Å². The maximum Gasteiger partial charge on any atom is 0.278 e. The summed E-state index contributed by atoms with van der Waals surface area (Å²) < 4.78 is 16.2. The molecule has 7 heteroatoms. The van der Waals surface area contributed by atoms with Crippen LogP contribution in [0.2, 0.25) is 0 Å². The Morgan fingerprint density at radius 2 is 1.60 bits per heavy atom. The van der Waals surface area contributed by atoms with Crippen LogP contribution in [0.1, 0.15) is 19.4 Å². The highest BCUT2D eigenvalue weighted by Crippen LogP contribution is 2.37. The molecule has 0 fully saturated rings. The molecule has 0 aromatic heterocycles. The van der Waals surface area contributed by atoms with Crippen LogP contribution in [0.5, 0.6) is 17.2 Å². The van der Waals surface area contributed by atoms with Gasteiger partial charge >= 0.3 is 0 Å². The number of amides is 2. The highest BCUT2D eigenvalue weighted by atomic mass is 16.5. The van der Waals surface area contributed by atoms with Crippen molar-refractivity contribution in [1.82, 2.24) is 4.90 Å². The van der Waals surface area contributed by atoms with Crippen LogP contribution in [-0.2, 0) is 9.59 Å². The maximum atomic E-state index is 13.3. The molecule has 1 N–H and O–H groups in total. The number of ether oxygens (including phenoxy) is 3. The summed E-state index contributed by atoms with van der Waals surface area (Å²) in [6.07, 6.45) is 0. The molecule has 0 atom stereocenters. The third kappa shape index (κ3) is 3.96. The molecule has 0 bridgehead atoms. The number of hydrogen-bond acceptors (Lipinski definition) is 6. The molecule has 1 aliphatic heterocycles. The van der Waals surface area contributed by atoms with E-state index in [1.807, 2.05) is 19.9 Å². The van der Waals surface area contributed by atoms with E-state index in [9.17, 15) is 9.59 Å². The summed E-state index contributed by atoms with van der Waals surface area (Å²) in [4.78, 5) is 27.8. The number of methoxy groups -OCH3 is 3. The van der Waals surface area contributed by atoms with Gasteiger partial charge in [-0.2, -0.15) is 0 Å². The summed E-state index contributed by atoms with van der Waals surface area (Å²) >= 11 is 0. The first-order chi connectivity index (χ1) is 14.4. The van der Waals surface area contributed by atoms with E-state index in [2.05, 4.69) is 5.32 Å². The Labute approximate surface area is 176 Å². The highest BCUT2D eigenvalue weighted by Gasteiger charge is 2.40. The van der Waals surface area contributed by atoms with Crippen molar-refractivity contribution in [3.63, 3.8) is 0 Å². The second-order valence-electron chi connectivity index (χ2n) is 7.26. The van der Waals surface area contributed by atoms with E-state index in [1.165, 1.54) is 19.1 Å². The van der Waals surface area contributed by atoms with Crippen LogP contribution in [0, 0.1) is 5.92 Å². The van der Waals surface area contributed by atoms with Gasteiger partial charge in [0.25, 0.3) is 11.8 Å². The summed E-state index contributed by atoms with van der Waals surface area (Å²) in [5.41, 5.74) is 1.51. The van der Waals surface area contributed by atoms with Gasteiger partial charge < -0.3 is 19.5 Å². The Balaban J connectivity index is 2.16.